The average molecular weight is 330 g/mol. The highest BCUT2D eigenvalue weighted by Gasteiger charge is 2.53. The van der Waals surface area contributed by atoms with Crippen molar-refractivity contribution in [1.82, 2.24) is 10.3 Å². The minimum Gasteiger partial charge on any atom is -0.391 e. The molecule has 2 fully saturated rings. The molecule has 1 spiro atoms. The molecule has 1 amide bonds. The van der Waals surface area contributed by atoms with Gasteiger partial charge >= 0.3 is 0 Å². The number of carbonyl (C=O) groups excluding carboxylic acids is 1. The molecule has 2 N–H and O–H groups in total. The molecule has 0 bridgehead atoms. The Balaban J connectivity index is 1.77. The van der Waals surface area contributed by atoms with Crippen molar-refractivity contribution >= 4 is 27.7 Å². The third kappa shape index (κ3) is 2.10. The summed E-state index contributed by atoms with van der Waals surface area (Å²) < 4.78 is 14.3. The number of piperidine rings is 1. The molecule has 3 heterocycles. The maximum absolute atomic E-state index is 13.8. The van der Waals surface area contributed by atoms with E-state index in [-0.39, 0.29) is 11.7 Å². The minimum absolute atomic E-state index is 0.0634. The highest BCUT2D eigenvalue weighted by Crippen LogP contribution is 2.40. The van der Waals surface area contributed by atoms with E-state index in [1.165, 1.54) is 12.3 Å². The standard InChI is InChI=1S/C12H13BrFN3O2/c13-7-1-9(14)10(15-3-7)17-5-12(6-17)2-8(18)4-16-11(12)19/h1,3,8,18H,2,4-6H2,(H,16,19). The van der Waals surface area contributed by atoms with Gasteiger partial charge in [-0.2, -0.15) is 0 Å². The van der Waals surface area contributed by atoms with E-state index in [0.29, 0.717) is 30.5 Å². The molecule has 3 rings (SSSR count). The van der Waals surface area contributed by atoms with Crippen LogP contribution >= 0.6 is 15.9 Å². The Morgan fingerprint density at radius 2 is 2.32 bits per heavy atom. The number of rotatable bonds is 1. The van der Waals surface area contributed by atoms with E-state index in [9.17, 15) is 14.3 Å². The summed E-state index contributed by atoms with van der Waals surface area (Å²) in [5.74, 6) is -0.228. The summed E-state index contributed by atoms with van der Waals surface area (Å²) in [7, 11) is 0. The first-order chi connectivity index (χ1) is 9.00. The Bertz CT molecular complexity index is 534. The normalized spacial score (nSPS) is 25.1. The van der Waals surface area contributed by atoms with Gasteiger partial charge in [-0.05, 0) is 28.4 Å². The van der Waals surface area contributed by atoms with E-state index in [0.717, 1.165) is 0 Å². The number of hydrogen-bond acceptors (Lipinski definition) is 4. The van der Waals surface area contributed by atoms with Crippen LogP contribution in [0.4, 0.5) is 10.2 Å². The molecule has 1 aromatic rings. The maximum atomic E-state index is 13.8. The third-order valence-electron chi connectivity index (χ3n) is 3.68. The fourth-order valence-electron chi connectivity index (χ4n) is 2.76. The van der Waals surface area contributed by atoms with Crippen molar-refractivity contribution in [2.24, 2.45) is 5.41 Å². The molecule has 19 heavy (non-hydrogen) atoms. The summed E-state index contributed by atoms with van der Waals surface area (Å²) in [5.41, 5.74) is -0.598. The molecule has 1 unspecified atom stereocenters. The van der Waals surface area contributed by atoms with E-state index < -0.39 is 17.3 Å². The van der Waals surface area contributed by atoms with Crippen LogP contribution in [0.15, 0.2) is 16.7 Å². The van der Waals surface area contributed by atoms with Gasteiger partial charge in [-0.3, -0.25) is 4.79 Å². The zero-order valence-corrected chi connectivity index (χ0v) is 11.7. The van der Waals surface area contributed by atoms with Crippen LogP contribution in [0.3, 0.4) is 0 Å². The highest BCUT2D eigenvalue weighted by molar-refractivity contribution is 9.10. The number of carbonyl (C=O) groups is 1. The first-order valence-electron chi connectivity index (χ1n) is 6.02. The molecular weight excluding hydrogens is 317 g/mol. The van der Waals surface area contributed by atoms with Gasteiger partial charge in [0.2, 0.25) is 5.91 Å². The Morgan fingerprint density at radius 1 is 1.58 bits per heavy atom. The van der Waals surface area contributed by atoms with E-state index in [4.69, 9.17) is 0 Å². The average Bonchev–Trinajstić information content (AvgIpc) is 2.30. The fraction of sp³-hybridized carbons (Fsp3) is 0.500. The number of aromatic nitrogens is 1. The number of aliphatic hydroxyl groups is 1. The molecule has 1 aromatic heterocycles. The third-order valence-corrected chi connectivity index (χ3v) is 4.11. The summed E-state index contributed by atoms with van der Waals surface area (Å²) in [6.07, 6.45) is 1.43. The van der Waals surface area contributed by atoms with Gasteiger partial charge in [0.15, 0.2) is 11.6 Å². The molecule has 5 nitrogen and oxygen atoms in total. The quantitative estimate of drug-likeness (QED) is 0.794. The first kappa shape index (κ1) is 12.8. The number of hydrogen-bond donors (Lipinski definition) is 2. The summed E-state index contributed by atoms with van der Waals surface area (Å²) >= 11 is 3.15. The number of nitrogens with one attached hydrogen (secondary N) is 1. The van der Waals surface area contributed by atoms with Crippen molar-refractivity contribution in [3.05, 3.63) is 22.6 Å². The zero-order valence-electron chi connectivity index (χ0n) is 10.1. The predicted molar refractivity (Wildman–Crippen MR) is 70.2 cm³/mol. The topological polar surface area (TPSA) is 65.5 Å². The van der Waals surface area contributed by atoms with Gasteiger partial charge in [-0.15, -0.1) is 0 Å². The van der Waals surface area contributed by atoms with Gasteiger partial charge < -0.3 is 15.3 Å². The lowest BCUT2D eigenvalue weighted by Gasteiger charge is -2.52. The van der Waals surface area contributed by atoms with Crippen LogP contribution in [0, 0.1) is 11.2 Å². The Morgan fingerprint density at radius 3 is 3.00 bits per heavy atom. The van der Waals surface area contributed by atoms with Gasteiger partial charge in [0.05, 0.1) is 11.5 Å². The monoisotopic (exact) mass is 329 g/mol. The van der Waals surface area contributed by atoms with Crippen molar-refractivity contribution in [3.8, 4) is 0 Å². The number of β-amino-alcohol motifs (C(OH)–C–C–N with tert-alkyl or cyclic N) is 1. The Kier molecular flexibility index (Phi) is 2.98. The smallest absolute Gasteiger partial charge is 0.230 e. The molecule has 2 aliphatic heterocycles. The molecular formula is C12H13BrFN3O2. The van der Waals surface area contributed by atoms with Gasteiger partial charge in [0, 0.05) is 30.3 Å². The summed E-state index contributed by atoms with van der Waals surface area (Å²) in [5, 5.41) is 12.3. The predicted octanol–water partition coefficient (Wildman–Crippen LogP) is 0.670. The van der Waals surface area contributed by atoms with Gasteiger partial charge in [0.25, 0.3) is 0 Å². The number of halogens is 2. The summed E-state index contributed by atoms with van der Waals surface area (Å²) in [4.78, 5) is 17.6. The van der Waals surface area contributed by atoms with E-state index in [1.807, 2.05) is 0 Å². The Labute approximate surface area is 117 Å². The lowest BCUT2D eigenvalue weighted by atomic mass is 9.72. The van der Waals surface area contributed by atoms with Crippen molar-refractivity contribution in [2.45, 2.75) is 12.5 Å². The number of pyridine rings is 1. The largest absolute Gasteiger partial charge is 0.391 e. The van der Waals surface area contributed by atoms with Gasteiger partial charge in [-0.25, -0.2) is 9.37 Å². The van der Waals surface area contributed by atoms with Crippen LogP contribution in [0.1, 0.15) is 6.42 Å². The van der Waals surface area contributed by atoms with Gasteiger partial charge in [-0.1, -0.05) is 0 Å². The van der Waals surface area contributed by atoms with Crippen LogP contribution < -0.4 is 10.2 Å². The highest BCUT2D eigenvalue weighted by atomic mass is 79.9. The van der Waals surface area contributed by atoms with Crippen molar-refractivity contribution < 1.29 is 14.3 Å². The van der Waals surface area contributed by atoms with E-state index in [2.05, 4.69) is 26.2 Å². The molecule has 2 aliphatic rings. The van der Waals surface area contributed by atoms with Crippen LogP contribution in [-0.2, 0) is 4.79 Å². The number of amides is 1. The summed E-state index contributed by atoms with van der Waals surface area (Å²) in [6.45, 7) is 1.08. The maximum Gasteiger partial charge on any atom is 0.230 e. The number of anilines is 1. The van der Waals surface area contributed by atoms with Gasteiger partial charge in [0.1, 0.15) is 0 Å². The second-order valence-electron chi connectivity index (χ2n) is 5.16. The number of nitrogens with zero attached hydrogens (tertiary/aromatic N) is 2. The van der Waals surface area contributed by atoms with Crippen LogP contribution in [0.5, 0.6) is 0 Å². The molecule has 1 atom stereocenters. The molecule has 0 aromatic carbocycles. The summed E-state index contributed by atoms with van der Waals surface area (Å²) in [6, 6.07) is 1.35. The first-order valence-corrected chi connectivity index (χ1v) is 6.82. The lowest BCUT2D eigenvalue weighted by molar-refractivity contribution is -0.139. The van der Waals surface area contributed by atoms with Crippen LogP contribution in [0.25, 0.3) is 0 Å². The molecule has 102 valence electrons. The lowest BCUT2D eigenvalue weighted by Crippen LogP contribution is -2.68. The SMILES string of the molecule is O=C1NCC(O)CC12CN(c1ncc(Br)cc1F)C2. The van der Waals surface area contributed by atoms with Crippen LogP contribution in [0.2, 0.25) is 0 Å². The second-order valence-corrected chi connectivity index (χ2v) is 6.08. The minimum atomic E-state index is -0.598. The van der Waals surface area contributed by atoms with Crippen LogP contribution in [-0.4, -0.2) is 41.7 Å². The van der Waals surface area contributed by atoms with E-state index in [1.54, 1.807) is 4.90 Å². The number of aliphatic hydroxyl groups excluding tert-OH is 1. The Hall–Kier alpha value is -1.21. The van der Waals surface area contributed by atoms with Crippen molar-refractivity contribution in [2.75, 3.05) is 24.5 Å². The zero-order chi connectivity index (χ0) is 13.6. The van der Waals surface area contributed by atoms with Crippen molar-refractivity contribution in [3.63, 3.8) is 0 Å². The molecule has 0 saturated carbocycles. The second kappa shape index (κ2) is 4.42. The van der Waals surface area contributed by atoms with Crippen molar-refractivity contribution in [1.29, 1.82) is 0 Å². The molecule has 0 radical (unpaired) electrons. The fourth-order valence-corrected chi connectivity index (χ4v) is 3.06. The molecule has 7 heteroatoms. The van der Waals surface area contributed by atoms with E-state index >= 15 is 0 Å². The molecule has 2 saturated heterocycles. The molecule has 0 aliphatic carbocycles.